The van der Waals surface area contributed by atoms with Gasteiger partial charge in [0.2, 0.25) is 0 Å². The van der Waals surface area contributed by atoms with Crippen molar-refractivity contribution in [2.45, 2.75) is 109 Å². The van der Waals surface area contributed by atoms with Crippen LogP contribution >= 0.6 is 0 Å². The van der Waals surface area contributed by atoms with Crippen LogP contribution in [0.2, 0.25) is 0 Å². The van der Waals surface area contributed by atoms with Crippen LogP contribution in [0.25, 0.3) is 0 Å². The molecule has 19 heteroatoms. The number of amides is 5. The van der Waals surface area contributed by atoms with Gasteiger partial charge in [-0.1, -0.05) is 17.7 Å². The molecule has 3 aromatic carbocycles. The van der Waals surface area contributed by atoms with Gasteiger partial charge in [0.1, 0.15) is 28.7 Å². The van der Waals surface area contributed by atoms with Gasteiger partial charge in [-0.25, -0.2) is 9.59 Å². The Morgan fingerprint density at radius 2 is 1.00 bits per heavy atom. The summed E-state index contributed by atoms with van der Waals surface area (Å²) in [5, 5.41) is 11.0. The number of nitrogens with zero attached hydrogens (tertiary/aromatic N) is 2. The Bertz CT molecular complexity index is 2090. The minimum atomic E-state index is -4.77. The van der Waals surface area contributed by atoms with Gasteiger partial charge < -0.3 is 45.1 Å². The summed E-state index contributed by atoms with van der Waals surface area (Å²) in [4.78, 5) is 42.8. The van der Waals surface area contributed by atoms with Crippen LogP contribution in [0.1, 0.15) is 81.3 Å². The number of nitrogens with one attached hydrogen (secondary N) is 4. The van der Waals surface area contributed by atoms with Crippen molar-refractivity contribution >= 4 is 29.3 Å². The maximum absolute atomic E-state index is 12.5. The van der Waals surface area contributed by atoms with Crippen LogP contribution in [-0.2, 0) is 0 Å². The number of aryl methyl sites for hydroxylation is 1. The number of pyridine rings is 1. The van der Waals surface area contributed by atoms with Gasteiger partial charge in [-0.15, -0.1) is 26.3 Å². The molecular formula is C45H52F6N6O7. The molecule has 4 aromatic rings. The van der Waals surface area contributed by atoms with Crippen molar-refractivity contribution in [2.24, 2.45) is 0 Å². The molecule has 64 heavy (non-hydrogen) atoms. The minimum absolute atomic E-state index is 0.0284. The summed E-state index contributed by atoms with van der Waals surface area (Å²) >= 11 is 0. The Hall–Kier alpha value is -6.40. The molecule has 0 aliphatic heterocycles. The summed E-state index contributed by atoms with van der Waals surface area (Å²) in [5.74, 6) is 0.600. The number of urea groups is 2. The maximum atomic E-state index is 12.5. The van der Waals surface area contributed by atoms with Gasteiger partial charge in [-0.2, -0.15) is 0 Å². The van der Waals surface area contributed by atoms with E-state index in [1.165, 1.54) is 29.8 Å². The van der Waals surface area contributed by atoms with Crippen LogP contribution in [-0.4, -0.2) is 78.0 Å². The molecule has 2 aliphatic carbocycles. The Labute approximate surface area is 367 Å². The van der Waals surface area contributed by atoms with Crippen LogP contribution in [0, 0.1) is 6.92 Å². The van der Waals surface area contributed by atoms with Gasteiger partial charge in [-0.05, 0) is 139 Å². The molecule has 0 bridgehead atoms. The number of benzene rings is 3. The molecule has 1 aromatic heterocycles. The monoisotopic (exact) mass is 902 g/mol. The van der Waals surface area contributed by atoms with Gasteiger partial charge in [0, 0.05) is 48.8 Å². The highest BCUT2D eigenvalue weighted by Gasteiger charge is 2.32. The number of hydrogen-bond acceptors (Lipinski definition) is 8. The number of anilines is 2. The number of rotatable bonds is 13. The van der Waals surface area contributed by atoms with E-state index in [1.54, 1.807) is 23.2 Å². The van der Waals surface area contributed by atoms with Crippen LogP contribution in [0.5, 0.6) is 23.0 Å². The van der Waals surface area contributed by atoms with Crippen molar-refractivity contribution in [3.05, 3.63) is 102 Å². The Balaban J connectivity index is 0.000000245. The van der Waals surface area contributed by atoms with Crippen molar-refractivity contribution in [1.82, 2.24) is 20.5 Å². The molecule has 0 atom stereocenters. The van der Waals surface area contributed by atoms with Crippen molar-refractivity contribution in [3.8, 4) is 23.0 Å². The van der Waals surface area contributed by atoms with Crippen LogP contribution in [0.15, 0.2) is 91.1 Å². The molecule has 2 fully saturated rings. The molecule has 4 N–H and O–H groups in total. The molecule has 5 amide bonds. The highest BCUT2D eigenvalue weighted by molar-refractivity contribution is 5.92. The van der Waals surface area contributed by atoms with E-state index in [-0.39, 0.29) is 41.7 Å². The van der Waals surface area contributed by atoms with Crippen molar-refractivity contribution in [1.29, 1.82) is 0 Å². The number of halogens is 6. The van der Waals surface area contributed by atoms with Crippen molar-refractivity contribution in [2.75, 3.05) is 23.7 Å². The lowest BCUT2D eigenvalue weighted by molar-refractivity contribution is -0.275. The average molecular weight is 903 g/mol. The number of ether oxygens (including phenoxy) is 4. The number of carbonyl (C=O) groups is 3. The molecule has 1 heterocycles. The fourth-order valence-corrected chi connectivity index (χ4v) is 7.11. The number of alkyl halides is 6. The first-order valence-electron chi connectivity index (χ1n) is 21.0. The van der Waals surface area contributed by atoms with E-state index in [0.717, 1.165) is 68.5 Å². The van der Waals surface area contributed by atoms with Gasteiger partial charge in [-0.3, -0.25) is 9.78 Å². The first-order chi connectivity index (χ1) is 30.4. The molecule has 0 unspecified atom stereocenters. The zero-order chi connectivity index (χ0) is 46.3. The predicted molar refractivity (Wildman–Crippen MR) is 227 cm³/mol. The van der Waals surface area contributed by atoms with E-state index in [9.17, 15) is 40.7 Å². The summed E-state index contributed by atoms with van der Waals surface area (Å²) in [6.07, 6.45) is -1.77. The van der Waals surface area contributed by atoms with E-state index in [2.05, 4.69) is 35.7 Å². The molecule has 0 radical (unpaired) electrons. The van der Waals surface area contributed by atoms with E-state index >= 15 is 0 Å². The van der Waals surface area contributed by atoms with Gasteiger partial charge in [0.15, 0.2) is 0 Å². The highest BCUT2D eigenvalue weighted by atomic mass is 19.4. The molecule has 0 spiro atoms. The molecule has 0 saturated heterocycles. The molecule has 2 saturated carbocycles. The average Bonchev–Trinajstić information content (AvgIpc) is 3.24. The molecular weight excluding hydrogens is 851 g/mol. The van der Waals surface area contributed by atoms with Crippen LogP contribution < -0.4 is 40.2 Å². The highest BCUT2D eigenvalue weighted by Crippen LogP contribution is 2.28. The third-order valence-corrected chi connectivity index (χ3v) is 10.3. The second-order valence-corrected chi connectivity index (χ2v) is 15.2. The van der Waals surface area contributed by atoms with Crippen molar-refractivity contribution in [3.63, 3.8) is 0 Å². The third-order valence-electron chi connectivity index (χ3n) is 10.3. The Morgan fingerprint density at radius 3 is 1.41 bits per heavy atom. The lowest BCUT2D eigenvalue weighted by atomic mass is 9.93. The maximum Gasteiger partial charge on any atom is 0.573 e. The van der Waals surface area contributed by atoms with Gasteiger partial charge in [0.05, 0.1) is 12.2 Å². The van der Waals surface area contributed by atoms with Gasteiger partial charge >= 0.3 is 24.8 Å². The summed E-state index contributed by atoms with van der Waals surface area (Å²) in [6, 6.07) is 20.4. The van der Waals surface area contributed by atoms with Crippen LogP contribution in [0.4, 0.5) is 47.3 Å². The minimum Gasteiger partial charge on any atom is -0.490 e. The molecule has 346 valence electrons. The topological polar surface area (TPSA) is 152 Å². The standard InChI is InChI=1S/C24H29F3N4O4.C21H23F3N2O3/c1-3-31(4-2)22(32)21-15-20(13-14-28-21)34-18-9-5-16(6-10-18)29-23(33)30-17-7-11-19(12-8-17)35-24(25,26)27;1-14-2-8-17(9-3-14)28-18-10-4-15(5-11-18)25-20(27)26-16-6-12-19(13-7-16)29-21(22,23)24/h7-8,11-16,18H,3-6,9-10H2,1-2H3,(H2,29,30,33);2-3,6-9,12-13,15,18H,4-5,10-11H2,1H3,(H2,25,26,27). The number of hydrogen-bond donors (Lipinski definition) is 4. The lowest BCUT2D eigenvalue weighted by Crippen LogP contribution is -2.41. The Kier molecular flexibility index (Phi) is 17.3. The molecule has 13 nitrogen and oxygen atoms in total. The third kappa shape index (κ3) is 16.7. The smallest absolute Gasteiger partial charge is 0.490 e. The first kappa shape index (κ1) is 48.6. The zero-order valence-corrected chi connectivity index (χ0v) is 35.6. The largest absolute Gasteiger partial charge is 0.573 e. The summed E-state index contributed by atoms with van der Waals surface area (Å²) in [6.45, 7) is 7.06. The normalized spacial score (nSPS) is 18.5. The second-order valence-electron chi connectivity index (χ2n) is 15.2. The summed E-state index contributed by atoms with van der Waals surface area (Å²) < 4.78 is 92.9. The quantitative estimate of drug-likeness (QED) is 0.0968. The van der Waals surface area contributed by atoms with E-state index in [4.69, 9.17) is 9.47 Å². The Morgan fingerprint density at radius 1 is 0.594 bits per heavy atom. The number of aromatic nitrogens is 1. The first-order valence-corrected chi connectivity index (χ1v) is 21.0. The molecule has 6 rings (SSSR count). The van der Waals surface area contributed by atoms with Gasteiger partial charge in [0.25, 0.3) is 5.91 Å². The summed E-state index contributed by atoms with van der Waals surface area (Å²) in [7, 11) is 0. The van der Waals surface area contributed by atoms with Crippen molar-refractivity contribution < 1.29 is 59.7 Å². The zero-order valence-electron chi connectivity index (χ0n) is 35.6. The number of carbonyl (C=O) groups excluding carboxylic acids is 3. The fourth-order valence-electron chi connectivity index (χ4n) is 7.11. The fraction of sp³-hybridized carbons (Fsp3) is 0.422. The SMILES string of the molecule is CCN(CC)C(=O)c1cc(OC2CCC(NC(=O)Nc3ccc(OC(F)(F)F)cc3)CC2)ccn1.Cc1ccc(OC2CCC(NC(=O)Nc3ccc(OC(F)(F)F)cc3)CC2)cc1. The summed E-state index contributed by atoms with van der Waals surface area (Å²) in [5.41, 5.74) is 2.25. The van der Waals surface area contributed by atoms with E-state index in [1.807, 2.05) is 45.0 Å². The second kappa shape index (κ2) is 22.8. The van der Waals surface area contributed by atoms with E-state index in [0.29, 0.717) is 48.7 Å². The predicted octanol–water partition coefficient (Wildman–Crippen LogP) is 10.4. The van der Waals surface area contributed by atoms with Crippen LogP contribution in [0.3, 0.4) is 0 Å². The molecule has 2 aliphatic rings. The van der Waals surface area contributed by atoms with E-state index < -0.39 is 24.8 Å². The lowest BCUT2D eigenvalue weighted by Gasteiger charge is -2.29.